The van der Waals surface area contributed by atoms with Gasteiger partial charge in [-0.2, -0.15) is 0 Å². The lowest BCUT2D eigenvalue weighted by atomic mass is 10.2. The number of anilines is 2. The lowest BCUT2D eigenvalue weighted by Crippen LogP contribution is -2.31. The van der Waals surface area contributed by atoms with Gasteiger partial charge < -0.3 is 15.0 Å². The summed E-state index contributed by atoms with van der Waals surface area (Å²) in [5.41, 5.74) is 1.08. The molecule has 0 spiro atoms. The first kappa shape index (κ1) is 19.4. The third-order valence-corrected chi connectivity index (χ3v) is 3.57. The number of hydrogen-bond donors (Lipinski definition) is 1. The molecule has 138 valence electrons. The molecule has 0 heterocycles. The van der Waals surface area contributed by atoms with E-state index in [2.05, 4.69) is 5.32 Å². The molecule has 26 heavy (non-hydrogen) atoms. The number of halogens is 1. The summed E-state index contributed by atoms with van der Waals surface area (Å²) in [6, 6.07) is 12.8. The Hall–Kier alpha value is -2.89. The first-order valence-electron chi connectivity index (χ1n) is 8.45. The summed E-state index contributed by atoms with van der Waals surface area (Å²) < 4.78 is 18.7. The Morgan fingerprint density at radius 2 is 1.85 bits per heavy atom. The third kappa shape index (κ3) is 5.88. The molecule has 0 saturated carbocycles. The third-order valence-electron chi connectivity index (χ3n) is 3.57. The van der Waals surface area contributed by atoms with Crippen LogP contribution in [0.5, 0.6) is 5.75 Å². The van der Waals surface area contributed by atoms with Crippen LogP contribution in [0.25, 0.3) is 0 Å². The molecular weight excluding hydrogens is 335 g/mol. The Bertz CT molecular complexity index is 760. The van der Waals surface area contributed by atoms with E-state index < -0.39 is 5.82 Å². The van der Waals surface area contributed by atoms with Gasteiger partial charge in [0.2, 0.25) is 11.8 Å². The van der Waals surface area contributed by atoms with Crippen molar-refractivity contribution in [2.45, 2.75) is 33.3 Å². The van der Waals surface area contributed by atoms with Crippen LogP contribution >= 0.6 is 0 Å². The van der Waals surface area contributed by atoms with Crippen LogP contribution in [0.15, 0.2) is 48.5 Å². The summed E-state index contributed by atoms with van der Waals surface area (Å²) in [5, 5.41) is 2.62. The van der Waals surface area contributed by atoms with E-state index in [9.17, 15) is 14.0 Å². The van der Waals surface area contributed by atoms with Gasteiger partial charge in [-0.1, -0.05) is 6.07 Å². The van der Waals surface area contributed by atoms with Crippen molar-refractivity contribution in [3.8, 4) is 5.75 Å². The Balaban J connectivity index is 1.97. The minimum Gasteiger partial charge on any atom is -0.491 e. The molecule has 0 fully saturated rings. The van der Waals surface area contributed by atoms with E-state index in [4.69, 9.17) is 4.74 Å². The number of carbonyl (C=O) groups is 2. The van der Waals surface area contributed by atoms with E-state index in [1.165, 1.54) is 30.0 Å². The summed E-state index contributed by atoms with van der Waals surface area (Å²) in [6.45, 7) is 5.55. The maximum absolute atomic E-state index is 13.2. The molecule has 2 aromatic carbocycles. The Morgan fingerprint density at radius 1 is 1.15 bits per heavy atom. The fourth-order valence-corrected chi connectivity index (χ4v) is 2.45. The Kier molecular flexibility index (Phi) is 6.72. The van der Waals surface area contributed by atoms with Crippen molar-refractivity contribution in [3.05, 3.63) is 54.3 Å². The number of nitrogens with one attached hydrogen (secondary N) is 1. The molecule has 0 aromatic heterocycles. The smallest absolute Gasteiger partial charge is 0.226 e. The highest BCUT2D eigenvalue weighted by atomic mass is 19.1. The van der Waals surface area contributed by atoms with Gasteiger partial charge in [0, 0.05) is 31.3 Å². The van der Waals surface area contributed by atoms with Crippen LogP contribution in [0, 0.1) is 5.82 Å². The van der Waals surface area contributed by atoms with Gasteiger partial charge in [0.05, 0.1) is 6.10 Å². The highest BCUT2D eigenvalue weighted by Crippen LogP contribution is 2.21. The fourth-order valence-electron chi connectivity index (χ4n) is 2.45. The molecule has 2 aromatic rings. The maximum atomic E-state index is 13.2. The van der Waals surface area contributed by atoms with Crippen molar-refractivity contribution in [3.63, 3.8) is 0 Å². The van der Waals surface area contributed by atoms with Gasteiger partial charge in [-0.15, -0.1) is 0 Å². The van der Waals surface area contributed by atoms with Crippen LogP contribution in [0.4, 0.5) is 15.8 Å². The van der Waals surface area contributed by atoms with E-state index >= 15 is 0 Å². The minimum atomic E-state index is -0.420. The summed E-state index contributed by atoms with van der Waals surface area (Å²) >= 11 is 0. The molecule has 0 aliphatic heterocycles. The number of nitrogens with zero attached hydrogens (tertiary/aromatic N) is 1. The Labute approximate surface area is 152 Å². The van der Waals surface area contributed by atoms with Crippen LogP contribution in [0.3, 0.4) is 0 Å². The molecule has 5 nitrogen and oxygen atoms in total. The van der Waals surface area contributed by atoms with Gasteiger partial charge in [0.15, 0.2) is 0 Å². The van der Waals surface area contributed by atoms with Crippen LogP contribution in [-0.4, -0.2) is 24.5 Å². The maximum Gasteiger partial charge on any atom is 0.226 e. The van der Waals surface area contributed by atoms with Crippen molar-refractivity contribution in [1.29, 1.82) is 0 Å². The van der Waals surface area contributed by atoms with E-state index in [-0.39, 0.29) is 30.9 Å². The van der Waals surface area contributed by atoms with Crippen molar-refractivity contribution in [2.24, 2.45) is 0 Å². The predicted octanol–water partition coefficient (Wildman–Crippen LogP) is 3.99. The van der Waals surface area contributed by atoms with Gasteiger partial charge in [-0.25, -0.2) is 4.39 Å². The number of ether oxygens (including phenoxy) is 1. The van der Waals surface area contributed by atoms with E-state index in [0.29, 0.717) is 11.4 Å². The second-order valence-electron chi connectivity index (χ2n) is 6.14. The number of amides is 2. The number of carbonyl (C=O) groups excluding carboxylic acids is 2. The largest absolute Gasteiger partial charge is 0.491 e. The summed E-state index contributed by atoms with van der Waals surface area (Å²) in [5.74, 6) is -0.157. The van der Waals surface area contributed by atoms with Gasteiger partial charge in [0.25, 0.3) is 0 Å². The molecule has 0 saturated heterocycles. The predicted molar refractivity (Wildman–Crippen MR) is 99.9 cm³/mol. The molecule has 2 amide bonds. The first-order valence-corrected chi connectivity index (χ1v) is 8.45. The Morgan fingerprint density at radius 3 is 2.42 bits per heavy atom. The van der Waals surface area contributed by atoms with Crippen LogP contribution in [-0.2, 0) is 9.59 Å². The molecule has 1 N–H and O–H groups in total. The second kappa shape index (κ2) is 8.99. The van der Waals surface area contributed by atoms with Gasteiger partial charge in [-0.3, -0.25) is 9.59 Å². The van der Waals surface area contributed by atoms with Crippen LogP contribution in [0.1, 0.15) is 27.2 Å². The monoisotopic (exact) mass is 358 g/mol. The van der Waals surface area contributed by atoms with Crippen LogP contribution < -0.4 is 15.0 Å². The van der Waals surface area contributed by atoms with Crippen molar-refractivity contribution in [2.75, 3.05) is 16.8 Å². The lowest BCUT2D eigenvalue weighted by molar-refractivity contribution is -0.117. The fraction of sp³-hybridized carbons (Fsp3) is 0.300. The van der Waals surface area contributed by atoms with Gasteiger partial charge in [-0.05, 0) is 56.3 Å². The molecule has 0 aliphatic rings. The normalized spacial score (nSPS) is 10.5. The zero-order valence-corrected chi connectivity index (χ0v) is 15.2. The molecule has 6 heteroatoms. The molecule has 0 unspecified atom stereocenters. The van der Waals surface area contributed by atoms with E-state index in [0.717, 1.165) is 5.75 Å². The summed E-state index contributed by atoms with van der Waals surface area (Å²) in [4.78, 5) is 25.5. The number of rotatable bonds is 7. The SMILES string of the molecule is CC(=O)N(CCC(=O)Nc1cccc(F)c1)c1ccc(OC(C)C)cc1. The quantitative estimate of drug-likeness (QED) is 0.814. The highest BCUT2D eigenvalue weighted by molar-refractivity contribution is 5.94. The molecule has 2 rings (SSSR count). The van der Waals surface area contributed by atoms with Crippen molar-refractivity contribution < 1.29 is 18.7 Å². The second-order valence-corrected chi connectivity index (χ2v) is 6.14. The average Bonchev–Trinajstić information content (AvgIpc) is 2.55. The molecular formula is C20H23FN2O3. The first-order chi connectivity index (χ1) is 12.3. The summed E-state index contributed by atoms with van der Waals surface area (Å²) in [6.07, 6.45) is 0.164. The zero-order valence-electron chi connectivity index (χ0n) is 15.2. The molecule has 0 aliphatic carbocycles. The minimum absolute atomic E-state index is 0.0660. The van der Waals surface area contributed by atoms with E-state index in [1.807, 2.05) is 13.8 Å². The lowest BCUT2D eigenvalue weighted by Gasteiger charge is -2.21. The zero-order chi connectivity index (χ0) is 19.1. The van der Waals surface area contributed by atoms with E-state index in [1.54, 1.807) is 30.3 Å². The van der Waals surface area contributed by atoms with Crippen LogP contribution in [0.2, 0.25) is 0 Å². The highest BCUT2D eigenvalue weighted by Gasteiger charge is 2.14. The summed E-state index contributed by atoms with van der Waals surface area (Å²) in [7, 11) is 0. The van der Waals surface area contributed by atoms with Crippen molar-refractivity contribution in [1.82, 2.24) is 0 Å². The van der Waals surface area contributed by atoms with Gasteiger partial charge in [0.1, 0.15) is 11.6 Å². The average molecular weight is 358 g/mol. The van der Waals surface area contributed by atoms with Crippen molar-refractivity contribution >= 4 is 23.2 Å². The number of benzene rings is 2. The topological polar surface area (TPSA) is 58.6 Å². The van der Waals surface area contributed by atoms with Gasteiger partial charge >= 0.3 is 0 Å². The number of hydrogen-bond acceptors (Lipinski definition) is 3. The molecule has 0 bridgehead atoms. The standard InChI is InChI=1S/C20H23FN2O3/c1-14(2)26-19-9-7-18(8-10-19)23(15(3)24)12-11-20(25)22-17-6-4-5-16(21)13-17/h4-10,13-14H,11-12H2,1-3H3,(H,22,25). The molecule has 0 atom stereocenters. The molecule has 0 radical (unpaired) electrons.